The molecule has 1 heterocycles. The van der Waals surface area contributed by atoms with E-state index in [0.717, 1.165) is 42.5 Å². The summed E-state index contributed by atoms with van der Waals surface area (Å²) in [5.74, 6) is 0.816. The van der Waals surface area contributed by atoms with Crippen LogP contribution in [0, 0.1) is 13.8 Å². The van der Waals surface area contributed by atoms with Crippen molar-refractivity contribution in [3.63, 3.8) is 0 Å². The van der Waals surface area contributed by atoms with E-state index in [4.69, 9.17) is 0 Å². The number of Topliss-reactive ketones (excluding diaryl/α,β-unsaturated/α-hetero) is 1. The van der Waals surface area contributed by atoms with E-state index in [1.54, 1.807) is 18.2 Å². The molecule has 4 rings (SSSR count). The summed E-state index contributed by atoms with van der Waals surface area (Å²) in [6.45, 7) is 4.06. The molecule has 1 atom stereocenters. The van der Waals surface area contributed by atoms with E-state index in [-0.39, 0.29) is 15.9 Å². The first-order chi connectivity index (χ1) is 16.2. The lowest BCUT2D eigenvalue weighted by atomic mass is 10.1. The van der Waals surface area contributed by atoms with Crippen molar-refractivity contribution in [2.24, 2.45) is 0 Å². The molecule has 0 aliphatic heterocycles. The minimum Gasteiger partial charge on any atom is -0.298 e. The molecule has 0 saturated heterocycles. The number of hydrogen-bond donors (Lipinski definition) is 0. The SMILES string of the molecule is Cc1cccc(C)c1-n1c(S[C@H]2CCCCCC2=O)nnc1-c1cccc(S(=O)(=O)N(C)C)c1. The van der Waals surface area contributed by atoms with Crippen LogP contribution >= 0.6 is 11.8 Å². The van der Waals surface area contributed by atoms with Crippen molar-refractivity contribution in [2.75, 3.05) is 14.1 Å². The molecule has 1 aromatic heterocycles. The summed E-state index contributed by atoms with van der Waals surface area (Å²) in [6.07, 6.45) is 4.47. The number of aromatic nitrogens is 3. The zero-order valence-electron chi connectivity index (χ0n) is 20.0. The zero-order valence-corrected chi connectivity index (χ0v) is 21.6. The van der Waals surface area contributed by atoms with E-state index in [1.165, 1.54) is 30.2 Å². The van der Waals surface area contributed by atoms with E-state index in [0.29, 0.717) is 23.0 Å². The molecule has 2 aromatic carbocycles. The second-order valence-corrected chi connectivity index (χ2v) is 12.2. The van der Waals surface area contributed by atoms with Gasteiger partial charge in [-0.3, -0.25) is 9.36 Å². The van der Waals surface area contributed by atoms with E-state index < -0.39 is 10.0 Å². The van der Waals surface area contributed by atoms with Crippen LogP contribution in [0.2, 0.25) is 0 Å². The molecule has 0 amide bonds. The van der Waals surface area contributed by atoms with Crippen molar-refractivity contribution in [1.29, 1.82) is 0 Å². The number of carbonyl (C=O) groups is 1. The Kier molecular flexibility index (Phi) is 7.25. The van der Waals surface area contributed by atoms with Crippen molar-refractivity contribution in [3.05, 3.63) is 53.6 Å². The van der Waals surface area contributed by atoms with Gasteiger partial charge >= 0.3 is 0 Å². The number of aryl methyl sites for hydroxylation is 2. The van der Waals surface area contributed by atoms with Gasteiger partial charge in [-0.2, -0.15) is 0 Å². The zero-order chi connectivity index (χ0) is 24.5. The Labute approximate surface area is 205 Å². The molecule has 0 unspecified atom stereocenters. The predicted octanol–water partition coefficient (Wildman–Crippen LogP) is 4.80. The Morgan fingerprint density at radius 2 is 1.71 bits per heavy atom. The topological polar surface area (TPSA) is 85.2 Å². The molecular formula is C25H30N4O3S2. The van der Waals surface area contributed by atoms with Crippen LogP contribution in [0.3, 0.4) is 0 Å². The summed E-state index contributed by atoms with van der Waals surface area (Å²) in [7, 11) is -0.575. The van der Waals surface area contributed by atoms with Crippen molar-refractivity contribution in [3.8, 4) is 17.1 Å². The van der Waals surface area contributed by atoms with Gasteiger partial charge in [0.1, 0.15) is 5.78 Å². The van der Waals surface area contributed by atoms with Crippen LogP contribution in [-0.4, -0.2) is 52.6 Å². The van der Waals surface area contributed by atoms with Crippen LogP contribution in [0.4, 0.5) is 0 Å². The molecule has 3 aromatic rings. The summed E-state index contributed by atoms with van der Waals surface area (Å²) < 4.78 is 28.7. The van der Waals surface area contributed by atoms with Crippen LogP contribution in [-0.2, 0) is 14.8 Å². The maximum Gasteiger partial charge on any atom is 0.242 e. The number of thioether (sulfide) groups is 1. The third-order valence-electron chi connectivity index (χ3n) is 6.16. The molecule has 1 aliphatic rings. The van der Waals surface area contributed by atoms with Crippen molar-refractivity contribution >= 4 is 27.6 Å². The third-order valence-corrected chi connectivity index (χ3v) is 9.23. The van der Waals surface area contributed by atoms with E-state index in [1.807, 2.05) is 42.7 Å². The average Bonchev–Trinajstić information content (AvgIpc) is 3.09. The summed E-state index contributed by atoms with van der Waals surface area (Å²) >= 11 is 1.47. The summed E-state index contributed by atoms with van der Waals surface area (Å²) in [5.41, 5.74) is 3.70. The maximum atomic E-state index is 12.8. The minimum atomic E-state index is -3.60. The molecule has 0 N–H and O–H groups in total. The second kappa shape index (κ2) is 10.0. The Hall–Kier alpha value is -2.49. The number of sulfonamides is 1. The summed E-state index contributed by atoms with van der Waals surface area (Å²) in [6, 6.07) is 12.8. The Morgan fingerprint density at radius 3 is 2.41 bits per heavy atom. The normalized spacial score (nSPS) is 17.2. The fraction of sp³-hybridized carbons (Fsp3) is 0.400. The number of rotatable bonds is 6. The van der Waals surface area contributed by atoms with Crippen molar-refractivity contribution in [2.45, 2.75) is 61.3 Å². The van der Waals surface area contributed by atoms with E-state index in [9.17, 15) is 13.2 Å². The first kappa shape index (κ1) is 24.6. The molecule has 1 saturated carbocycles. The Bertz CT molecular complexity index is 1300. The highest BCUT2D eigenvalue weighted by Crippen LogP contribution is 2.36. The summed E-state index contributed by atoms with van der Waals surface area (Å²) in [5, 5.41) is 9.50. The number of para-hydroxylation sites is 1. The fourth-order valence-corrected chi connectivity index (χ4v) is 6.39. The quantitative estimate of drug-likeness (QED) is 0.454. The van der Waals surface area contributed by atoms with Gasteiger partial charge in [-0.25, -0.2) is 12.7 Å². The molecule has 0 radical (unpaired) electrons. The number of benzene rings is 2. The molecule has 7 nitrogen and oxygen atoms in total. The minimum absolute atomic E-state index is 0.150. The molecule has 0 spiro atoms. The smallest absolute Gasteiger partial charge is 0.242 e. The molecule has 1 aliphatic carbocycles. The van der Waals surface area contributed by atoms with Crippen molar-refractivity contribution in [1.82, 2.24) is 19.1 Å². The van der Waals surface area contributed by atoms with Crippen LogP contribution < -0.4 is 0 Å². The Morgan fingerprint density at radius 1 is 1.00 bits per heavy atom. The molecule has 0 bridgehead atoms. The van der Waals surface area contributed by atoms with Crippen LogP contribution in [0.25, 0.3) is 17.1 Å². The van der Waals surface area contributed by atoms with Gasteiger partial charge in [0.2, 0.25) is 10.0 Å². The monoisotopic (exact) mass is 498 g/mol. The largest absolute Gasteiger partial charge is 0.298 e. The number of nitrogens with zero attached hydrogens (tertiary/aromatic N) is 4. The predicted molar refractivity (Wildman–Crippen MR) is 135 cm³/mol. The van der Waals surface area contributed by atoms with E-state index >= 15 is 0 Å². The number of hydrogen-bond acceptors (Lipinski definition) is 6. The first-order valence-corrected chi connectivity index (χ1v) is 13.8. The molecule has 180 valence electrons. The lowest BCUT2D eigenvalue weighted by molar-refractivity contribution is -0.118. The highest BCUT2D eigenvalue weighted by Gasteiger charge is 2.27. The van der Waals surface area contributed by atoms with Crippen LogP contribution in [0.15, 0.2) is 52.5 Å². The van der Waals surface area contributed by atoms with Gasteiger partial charge in [-0.05, 0) is 49.9 Å². The van der Waals surface area contributed by atoms with Gasteiger partial charge in [0.25, 0.3) is 0 Å². The van der Waals surface area contributed by atoms with E-state index in [2.05, 4.69) is 10.2 Å². The number of carbonyl (C=O) groups excluding carboxylic acids is 1. The van der Waals surface area contributed by atoms with Crippen molar-refractivity contribution < 1.29 is 13.2 Å². The van der Waals surface area contributed by atoms with Gasteiger partial charge in [-0.15, -0.1) is 10.2 Å². The van der Waals surface area contributed by atoms with Crippen LogP contribution in [0.5, 0.6) is 0 Å². The standard InChI is InChI=1S/C25H30N4O3S2/c1-17-10-8-11-18(2)23(17)29-24(19-12-9-13-20(16-19)34(31,32)28(3)4)26-27-25(29)33-22-15-7-5-6-14-21(22)30/h8-13,16,22H,5-7,14-15H2,1-4H3/t22-/m0/s1. The highest BCUT2D eigenvalue weighted by atomic mass is 32.2. The third kappa shape index (κ3) is 4.82. The number of ketones is 1. The van der Waals surface area contributed by atoms with Gasteiger partial charge in [0.15, 0.2) is 11.0 Å². The molecular weight excluding hydrogens is 468 g/mol. The lowest BCUT2D eigenvalue weighted by Crippen LogP contribution is -2.22. The second-order valence-electron chi connectivity index (χ2n) is 8.87. The molecule has 9 heteroatoms. The van der Waals surface area contributed by atoms with Gasteiger partial charge in [0.05, 0.1) is 15.8 Å². The van der Waals surface area contributed by atoms with Gasteiger partial charge in [0, 0.05) is 26.1 Å². The Balaban J connectivity index is 1.87. The lowest BCUT2D eigenvalue weighted by Gasteiger charge is -2.18. The van der Waals surface area contributed by atoms with Gasteiger partial charge < -0.3 is 0 Å². The highest BCUT2D eigenvalue weighted by molar-refractivity contribution is 8.00. The maximum absolute atomic E-state index is 12.8. The molecule has 1 fully saturated rings. The first-order valence-electron chi connectivity index (χ1n) is 11.4. The van der Waals surface area contributed by atoms with Crippen LogP contribution in [0.1, 0.15) is 43.2 Å². The van der Waals surface area contributed by atoms with Gasteiger partial charge in [-0.1, -0.05) is 54.9 Å². The fourth-order valence-electron chi connectivity index (χ4n) is 4.28. The summed E-state index contributed by atoms with van der Waals surface area (Å²) in [4.78, 5) is 12.9. The molecule has 34 heavy (non-hydrogen) atoms. The average molecular weight is 499 g/mol.